The Labute approximate surface area is 156 Å². The van der Waals surface area contributed by atoms with Gasteiger partial charge in [-0.25, -0.2) is 0 Å². The van der Waals surface area contributed by atoms with E-state index in [1.165, 1.54) is 12.5 Å². The number of hydrogen-bond acceptors (Lipinski definition) is 4. The molecule has 1 N–H and O–H groups in total. The van der Waals surface area contributed by atoms with Gasteiger partial charge in [-0.3, -0.25) is 14.3 Å². The molecule has 1 aromatic carbocycles. The Morgan fingerprint density at radius 1 is 1.07 bits per heavy atom. The van der Waals surface area contributed by atoms with Gasteiger partial charge < -0.3 is 14.6 Å². The average Bonchev–Trinajstić information content (AvgIpc) is 3.42. The first-order valence-corrected chi connectivity index (χ1v) is 8.87. The van der Waals surface area contributed by atoms with Crippen LogP contribution >= 0.6 is 0 Å². The van der Waals surface area contributed by atoms with Crippen LogP contribution in [0.4, 0.5) is 5.69 Å². The summed E-state index contributed by atoms with van der Waals surface area (Å²) in [7, 11) is 0. The molecule has 0 atom stereocenters. The van der Waals surface area contributed by atoms with E-state index in [0.717, 1.165) is 5.69 Å². The van der Waals surface area contributed by atoms with E-state index in [9.17, 15) is 9.59 Å². The summed E-state index contributed by atoms with van der Waals surface area (Å²) in [5.41, 5.74) is 0.438. The van der Waals surface area contributed by atoms with Gasteiger partial charge in [0.2, 0.25) is 0 Å². The van der Waals surface area contributed by atoms with Crippen LogP contribution in [0.15, 0.2) is 71.8 Å². The Morgan fingerprint density at radius 3 is 2.48 bits per heavy atom. The number of anilines is 1. The van der Waals surface area contributed by atoms with Crippen molar-refractivity contribution in [2.45, 2.75) is 18.4 Å². The minimum Gasteiger partial charge on any atom is -0.472 e. The van der Waals surface area contributed by atoms with Crippen molar-refractivity contribution in [2.75, 3.05) is 18.4 Å². The molecule has 0 aliphatic carbocycles. The van der Waals surface area contributed by atoms with Crippen LogP contribution in [0.1, 0.15) is 23.2 Å². The molecule has 0 bridgehead atoms. The van der Waals surface area contributed by atoms with Gasteiger partial charge in [0.15, 0.2) is 0 Å². The number of amides is 2. The minimum absolute atomic E-state index is 0.0821. The molecule has 3 aromatic rings. The van der Waals surface area contributed by atoms with E-state index in [0.29, 0.717) is 31.5 Å². The molecule has 1 aliphatic rings. The number of para-hydroxylation sites is 1. The third kappa shape index (κ3) is 3.23. The predicted molar refractivity (Wildman–Crippen MR) is 99.1 cm³/mol. The molecule has 0 unspecified atom stereocenters. The smallest absolute Gasteiger partial charge is 0.257 e. The summed E-state index contributed by atoms with van der Waals surface area (Å²) in [5.74, 6) is -0.200. The van der Waals surface area contributed by atoms with E-state index >= 15 is 0 Å². The molecule has 2 aromatic heterocycles. The van der Waals surface area contributed by atoms with Crippen LogP contribution in [0.25, 0.3) is 0 Å². The monoisotopic (exact) mass is 364 g/mol. The van der Waals surface area contributed by atoms with Gasteiger partial charge >= 0.3 is 0 Å². The highest BCUT2D eigenvalue weighted by Crippen LogP contribution is 2.32. The summed E-state index contributed by atoms with van der Waals surface area (Å²) in [6.45, 7) is 0.929. The normalized spacial score (nSPS) is 16.1. The van der Waals surface area contributed by atoms with Crippen LogP contribution in [0.5, 0.6) is 0 Å². The van der Waals surface area contributed by atoms with E-state index in [-0.39, 0.29) is 11.8 Å². The molecule has 4 rings (SSSR count). The molecule has 27 heavy (non-hydrogen) atoms. The van der Waals surface area contributed by atoms with Crippen LogP contribution in [-0.4, -0.2) is 39.6 Å². The van der Waals surface area contributed by atoms with Gasteiger partial charge in [-0.15, -0.1) is 0 Å². The predicted octanol–water partition coefficient (Wildman–Crippen LogP) is 2.75. The summed E-state index contributed by atoms with van der Waals surface area (Å²) in [6, 6.07) is 12.8. The fourth-order valence-electron chi connectivity index (χ4n) is 3.50. The van der Waals surface area contributed by atoms with E-state index in [4.69, 9.17) is 4.42 Å². The van der Waals surface area contributed by atoms with Crippen molar-refractivity contribution in [1.29, 1.82) is 0 Å². The highest BCUT2D eigenvalue weighted by molar-refractivity contribution is 5.97. The van der Waals surface area contributed by atoms with Crippen molar-refractivity contribution >= 4 is 17.5 Å². The number of furan rings is 1. The number of carbonyl (C=O) groups is 2. The summed E-state index contributed by atoms with van der Waals surface area (Å²) < 4.78 is 6.72. The Hall–Kier alpha value is -3.35. The lowest BCUT2D eigenvalue weighted by Crippen LogP contribution is -2.54. The Morgan fingerprint density at radius 2 is 1.85 bits per heavy atom. The second-order valence-electron chi connectivity index (χ2n) is 6.61. The van der Waals surface area contributed by atoms with Crippen LogP contribution in [0, 0.1) is 0 Å². The molecular formula is C20H20N4O3. The van der Waals surface area contributed by atoms with Crippen molar-refractivity contribution < 1.29 is 14.0 Å². The maximum absolute atomic E-state index is 13.2. The van der Waals surface area contributed by atoms with Crippen molar-refractivity contribution in [3.8, 4) is 0 Å². The Balaban J connectivity index is 1.55. The zero-order valence-corrected chi connectivity index (χ0v) is 14.7. The zero-order valence-electron chi connectivity index (χ0n) is 14.7. The summed E-state index contributed by atoms with van der Waals surface area (Å²) >= 11 is 0. The number of piperidine rings is 1. The maximum Gasteiger partial charge on any atom is 0.257 e. The quantitative estimate of drug-likeness (QED) is 0.772. The number of nitrogens with zero attached hydrogens (tertiary/aromatic N) is 3. The molecule has 0 saturated carbocycles. The van der Waals surface area contributed by atoms with Gasteiger partial charge in [-0.2, -0.15) is 5.10 Å². The molecular weight excluding hydrogens is 344 g/mol. The standard InChI is InChI=1S/C20H20N4O3/c25-18(16-7-14-27-15-16)23-12-8-20(9-13-23,24-11-4-10-21-24)19(26)22-17-5-2-1-3-6-17/h1-7,10-11,14-15H,8-9,12-13H2,(H,22,26). The first-order chi connectivity index (χ1) is 13.2. The van der Waals surface area contributed by atoms with Crippen LogP contribution < -0.4 is 5.32 Å². The molecule has 2 amide bonds. The lowest BCUT2D eigenvalue weighted by atomic mass is 9.86. The number of likely N-dealkylation sites (tertiary alicyclic amines) is 1. The van der Waals surface area contributed by atoms with Gasteiger partial charge in [0, 0.05) is 31.2 Å². The number of rotatable bonds is 4. The van der Waals surface area contributed by atoms with Crippen molar-refractivity contribution in [3.63, 3.8) is 0 Å². The first kappa shape index (κ1) is 17.1. The number of carbonyl (C=O) groups excluding carboxylic acids is 2. The summed E-state index contributed by atoms with van der Waals surface area (Å²) in [4.78, 5) is 27.5. The minimum atomic E-state index is -0.827. The largest absolute Gasteiger partial charge is 0.472 e. The molecule has 1 saturated heterocycles. The van der Waals surface area contributed by atoms with Crippen molar-refractivity contribution in [1.82, 2.24) is 14.7 Å². The first-order valence-electron chi connectivity index (χ1n) is 8.87. The molecule has 138 valence electrons. The Kier molecular flexibility index (Phi) is 4.50. The maximum atomic E-state index is 13.2. The molecule has 7 heteroatoms. The number of aromatic nitrogens is 2. The molecule has 0 radical (unpaired) electrons. The van der Waals surface area contributed by atoms with E-state index in [2.05, 4.69) is 10.4 Å². The van der Waals surface area contributed by atoms with Gasteiger partial charge in [-0.1, -0.05) is 18.2 Å². The second kappa shape index (κ2) is 7.11. The Bertz CT molecular complexity index is 896. The van der Waals surface area contributed by atoms with Crippen LogP contribution in [0.2, 0.25) is 0 Å². The fraction of sp³-hybridized carbons (Fsp3) is 0.250. The average molecular weight is 364 g/mol. The summed E-state index contributed by atoms with van der Waals surface area (Å²) in [5, 5.41) is 7.33. The third-order valence-electron chi connectivity index (χ3n) is 5.04. The molecule has 0 spiro atoms. The van der Waals surface area contributed by atoms with Crippen LogP contribution in [-0.2, 0) is 10.3 Å². The molecule has 1 aliphatic heterocycles. The highest BCUT2D eigenvalue weighted by atomic mass is 16.3. The van der Waals surface area contributed by atoms with Gasteiger partial charge in [-0.05, 0) is 37.1 Å². The van der Waals surface area contributed by atoms with Gasteiger partial charge in [0.1, 0.15) is 11.8 Å². The number of benzene rings is 1. The van der Waals surface area contributed by atoms with E-state index in [1.54, 1.807) is 34.1 Å². The summed E-state index contributed by atoms with van der Waals surface area (Å²) in [6.07, 6.45) is 7.37. The number of hydrogen-bond donors (Lipinski definition) is 1. The fourth-order valence-corrected chi connectivity index (χ4v) is 3.50. The van der Waals surface area contributed by atoms with Crippen molar-refractivity contribution in [2.24, 2.45) is 0 Å². The molecule has 3 heterocycles. The molecule has 1 fully saturated rings. The second-order valence-corrected chi connectivity index (χ2v) is 6.61. The van der Waals surface area contributed by atoms with E-state index in [1.807, 2.05) is 30.3 Å². The molecule has 7 nitrogen and oxygen atoms in total. The topological polar surface area (TPSA) is 80.4 Å². The third-order valence-corrected chi connectivity index (χ3v) is 5.04. The van der Waals surface area contributed by atoms with Crippen molar-refractivity contribution in [3.05, 3.63) is 72.9 Å². The lowest BCUT2D eigenvalue weighted by molar-refractivity contribution is -0.127. The lowest BCUT2D eigenvalue weighted by Gasteiger charge is -2.40. The zero-order chi connectivity index (χ0) is 18.7. The van der Waals surface area contributed by atoms with Gasteiger partial charge in [0.05, 0.1) is 11.8 Å². The SMILES string of the molecule is O=C(c1ccoc1)N1CCC(C(=O)Nc2ccccc2)(n2cccn2)CC1. The van der Waals surface area contributed by atoms with Crippen LogP contribution in [0.3, 0.4) is 0 Å². The van der Waals surface area contributed by atoms with Gasteiger partial charge in [0.25, 0.3) is 11.8 Å². The van der Waals surface area contributed by atoms with E-state index < -0.39 is 5.54 Å². The highest BCUT2D eigenvalue weighted by Gasteiger charge is 2.44. The number of nitrogens with one attached hydrogen (secondary N) is 1.